The lowest BCUT2D eigenvalue weighted by atomic mass is 10.2. The summed E-state index contributed by atoms with van der Waals surface area (Å²) in [6.45, 7) is 4.24. The van der Waals surface area contributed by atoms with Gasteiger partial charge in [-0.25, -0.2) is 25.9 Å². The van der Waals surface area contributed by atoms with Crippen LogP contribution < -0.4 is 9.46 Å². The van der Waals surface area contributed by atoms with Gasteiger partial charge in [0.05, 0.1) is 18.3 Å². The molecule has 0 fully saturated rings. The minimum Gasteiger partial charge on any atom is -0.496 e. The van der Waals surface area contributed by atoms with Crippen LogP contribution in [-0.2, 0) is 20.0 Å². The maximum atomic E-state index is 12.3. The highest BCUT2D eigenvalue weighted by Crippen LogP contribution is 2.21. The first-order chi connectivity index (χ1) is 11.1. The van der Waals surface area contributed by atoms with Crippen molar-refractivity contribution in [3.05, 3.63) is 23.8 Å². The smallest absolute Gasteiger partial charge is 0.240 e. The molecule has 0 aliphatic carbocycles. The van der Waals surface area contributed by atoms with Gasteiger partial charge in [0.25, 0.3) is 0 Å². The molecule has 1 aromatic carbocycles. The number of aryl methyl sites for hydroxylation is 1. The zero-order valence-electron chi connectivity index (χ0n) is 14.6. The minimum atomic E-state index is -3.70. The third-order valence-electron chi connectivity index (χ3n) is 3.56. The second-order valence-electron chi connectivity index (χ2n) is 5.54. The van der Waals surface area contributed by atoms with Crippen molar-refractivity contribution in [2.45, 2.75) is 31.6 Å². The molecule has 9 heteroatoms. The number of nitrogens with one attached hydrogen (secondary N) is 1. The van der Waals surface area contributed by atoms with E-state index in [2.05, 4.69) is 4.72 Å². The van der Waals surface area contributed by atoms with Crippen LogP contribution in [0.5, 0.6) is 5.75 Å². The van der Waals surface area contributed by atoms with E-state index in [1.165, 1.54) is 23.5 Å². The molecule has 0 heterocycles. The van der Waals surface area contributed by atoms with Crippen molar-refractivity contribution >= 4 is 20.0 Å². The molecule has 7 nitrogen and oxygen atoms in total. The topological polar surface area (TPSA) is 92.8 Å². The molecule has 0 aromatic heterocycles. The van der Waals surface area contributed by atoms with Gasteiger partial charge in [-0.15, -0.1) is 0 Å². The van der Waals surface area contributed by atoms with E-state index in [0.717, 1.165) is 19.1 Å². The van der Waals surface area contributed by atoms with Crippen molar-refractivity contribution in [2.24, 2.45) is 0 Å². The zero-order chi connectivity index (χ0) is 18.4. The lowest BCUT2D eigenvalue weighted by Crippen LogP contribution is -2.38. The highest BCUT2D eigenvalue weighted by Gasteiger charge is 2.19. The summed E-state index contributed by atoms with van der Waals surface area (Å²) in [6.07, 6.45) is 2.73. The molecule has 138 valence electrons. The van der Waals surface area contributed by atoms with Gasteiger partial charge in [-0.1, -0.05) is 13.3 Å². The molecule has 0 bridgehead atoms. The van der Waals surface area contributed by atoms with Gasteiger partial charge in [0, 0.05) is 19.6 Å². The number of hydrogen-bond donors (Lipinski definition) is 1. The van der Waals surface area contributed by atoms with Crippen LogP contribution in [0.2, 0.25) is 0 Å². The van der Waals surface area contributed by atoms with Gasteiger partial charge in [0.15, 0.2) is 0 Å². The van der Waals surface area contributed by atoms with E-state index in [1.54, 1.807) is 13.0 Å². The predicted molar refractivity (Wildman–Crippen MR) is 94.2 cm³/mol. The maximum absolute atomic E-state index is 12.3. The molecular formula is C15H26N2O5S2. The van der Waals surface area contributed by atoms with E-state index in [-0.39, 0.29) is 18.0 Å². The van der Waals surface area contributed by atoms with Crippen molar-refractivity contribution in [1.82, 2.24) is 9.03 Å². The average molecular weight is 379 g/mol. The molecule has 1 aromatic rings. The number of rotatable bonds is 10. The summed E-state index contributed by atoms with van der Waals surface area (Å²) >= 11 is 0. The molecule has 0 saturated heterocycles. The van der Waals surface area contributed by atoms with Crippen molar-refractivity contribution in [2.75, 3.05) is 33.0 Å². The van der Waals surface area contributed by atoms with Crippen LogP contribution in [0.25, 0.3) is 0 Å². The Bertz CT molecular complexity index is 745. The van der Waals surface area contributed by atoms with E-state index in [9.17, 15) is 16.8 Å². The van der Waals surface area contributed by atoms with Gasteiger partial charge >= 0.3 is 0 Å². The Balaban J connectivity index is 2.75. The number of methoxy groups -OCH3 is 1. The highest BCUT2D eigenvalue weighted by atomic mass is 32.2. The van der Waals surface area contributed by atoms with Crippen LogP contribution in [0, 0.1) is 6.92 Å². The summed E-state index contributed by atoms with van der Waals surface area (Å²) in [5, 5.41) is 0. The number of benzene rings is 1. The Hall–Kier alpha value is -1.16. The molecule has 1 rings (SSSR count). The highest BCUT2D eigenvalue weighted by molar-refractivity contribution is 7.89. The van der Waals surface area contributed by atoms with Gasteiger partial charge in [0.2, 0.25) is 20.0 Å². The number of sulfonamides is 2. The third-order valence-corrected chi connectivity index (χ3v) is 6.32. The molecule has 1 N–H and O–H groups in total. The summed E-state index contributed by atoms with van der Waals surface area (Å²) in [6, 6.07) is 4.57. The molecule has 0 saturated carbocycles. The molecule has 0 aliphatic rings. The van der Waals surface area contributed by atoms with E-state index in [1.807, 2.05) is 6.92 Å². The van der Waals surface area contributed by atoms with Gasteiger partial charge in [-0.05, 0) is 37.1 Å². The third kappa shape index (κ3) is 6.04. The first kappa shape index (κ1) is 20.9. The van der Waals surface area contributed by atoms with Crippen molar-refractivity contribution in [1.29, 1.82) is 0 Å². The van der Waals surface area contributed by atoms with Crippen molar-refractivity contribution < 1.29 is 21.6 Å². The van der Waals surface area contributed by atoms with Crippen LogP contribution in [0.3, 0.4) is 0 Å². The lowest BCUT2D eigenvalue weighted by Gasteiger charge is -2.19. The predicted octanol–water partition coefficient (Wildman–Crippen LogP) is 1.34. The van der Waals surface area contributed by atoms with Crippen LogP contribution >= 0.6 is 0 Å². The summed E-state index contributed by atoms with van der Waals surface area (Å²) in [5.74, 6) is 0.608. The van der Waals surface area contributed by atoms with Crippen LogP contribution in [0.4, 0.5) is 0 Å². The monoisotopic (exact) mass is 378 g/mol. The van der Waals surface area contributed by atoms with Gasteiger partial charge < -0.3 is 4.74 Å². The quantitative estimate of drug-likeness (QED) is 0.663. The van der Waals surface area contributed by atoms with Gasteiger partial charge in [-0.3, -0.25) is 0 Å². The number of nitrogens with zero attached hydrogens (tertiary/aromatic N) is 1. The summed E-state index contributed by atoms with van der Waals surface area (Å²) in [4.78, 5) is 0.125. The molecule has 0 atom stereocenters. The molecule has 0 spiro atoms. The average Bonchev–Trinajstić information content (AvgIpc) is 2.49. The van der Waals surface area contributed by atoms with Crippen molar-refractivity contribution in [3.8, 4) is 5.75 Å². The van der Waals surface area contributed by atoms with Crippen LogP contribution in [0.15, 0.2) is 23.1 Å². The summed E-state index contributed by atoms with van der Waals surface area (Å²) in [5.41, 5.74) is 0.709. The normalized spacial score (nSPS) is 12.5. The Morgan fingerprint density at radius 3 is 2.33 bits per heavy atom. The van der Waals surface area contributed by atoms with Crippen LogP contribution in [-0.4, -0.2) is 54.1 Å². The standard InChI is InChI=1S/C15H26N2O5S2/c1-5-6-10-17(23(4,18)19)11-9-16-24(20,21)14-7-8-15(22-3)13(2)12-14/h7-8,12,16H,5-6,9-11H2,1-4H3. The van der Waals surface area contributed by atoms with Crippen molar-refractivity contribution in [3.63, 3.8) is 0 Å². The molecule has 0 radical (unpaired) electrons. The zero-order valence-corrected chi connectivity index (χ0v) is 16.2. The fourth-order valence-corrected chi connectivity index (χ4v) is 4.17. The largest absolute Gasteiger partial charge is 0.496 e. The van der Waals surface area contributed by atoms with Gasteiger partial charge in [-0.2, -0.15) is 0 Å². The number of ether oxygens (including phenoxy) is 1. The Morgan fingerprint density at radius 2 is 1.83 bits per heavy atom. The molecule has 0 amide bonds. The second-order valence-corrected chi connectivity index (χ2v) is 9.29. The van der Waals surface area contributed by atoms with Gasteiger partial charge in [0.1, 0.15) is 5.75 Å². The molecule has 0 unspecified atom stereocenters. The summed E-state index contributed by atoms with van der Waals surface area (Å²) < 4.78 is 56.9. The SMILES string of the molecule is CCCCN(CCNS(=O)(=O)c1ccc(OC)c(C)c1)S(C)(=O)=O. The maximum Gasteiger partial charge on any atom is 0.240 e. The number of hydrogen-bond acceptors (Lipinski definition) is 5. The first-order valence-electron chi connectivity index (χ1n) is 7.71. The van der Waals surface area contributed by atoms with E-state index in [0.29, 0.717) is 17.9 Å². The lowest BCUT2D eigenvalue weighted by molar-refractivity contribution is 0.408. The van der Waals surface area contributed by atoms with E-state index < -0.39 is 20.0 Å². The first-order valence-corrected chi connectivity index (χ1v) is 11.0. The minimum absolute atomic E-state index is 0.0181. The second kappa shape index (κ2) is 8.80. The Labute approximate surface area is 145 Å². The summed E-state index contributed by atoms with van der Waals surface area (Å²) in [7, 11) is -5.53. The Morgan fingerprint density at radius 1 is 1.17 bits per heavy atom. The van der Waals surface area contributed by atoms with E-state index >= 15 is 0 Å². The Kier molecular flexibility index (Phi) is 7.65. The fraction of sp³-hybridized carbons (Fsp3) is 0.600. The van der Waals surface area contributed by atoms with E-state index in [4.69, 9.17) is 4.74 Å². The molecule has 24 heavy (non-hydrogen) atoms. The number of unbranched alkanes of at least 4 members (excludes halogenated alkanes) is 1. The van der Waals surface area contributed by atoms with Crippen LogP contribution in [0.1, 0.15) is 25.3 Å². The molecule has 0 aliphatic heterocycles. The molecular weight excluding hydrogens is 352 g/mol. The fourth-order valence-electron chi connectivity index (χ4n) is 2.18.